The highest BCUT2D eigenvalue weighted by molar-refractivity contribution is 5.74. The fourth-order valence-corrected chi connectivity index (χ4v) is 1.10. The van der Waals surface area contributed by atoms with Crippen LogP contribution in [0.5, 0.6) is 5.75 Å². The molecule has 0 fully saturated rings. The Morgan fingerprint density at radius 3 is 3.15 bits per heavy atom. The highest BCUT2D eigenvalue weighted by atomic mass is 16.3. The van der Waals surface area contributed by atoms with E-state index in [1.807, 2.05) is 6.07 Å². The molecule has 0 saturated heterocycles. The number of phenols is 1. The number of phenolic OH excluding ortho intramolecular Hbond substituents is 1. The third-order valence-electron chi connectivity index (χ3n) is 1.65. The van der Waals surface area contributed by atoms with E-state index in [-0.39, 0.29) is 12.2 Å². The average Bonchev–Trinajstić information content (AvgIpc) is 2.46. The molecule has 2 aromatic rings. The van der Waals surface area contributed by atoms with Crippen molar-refractivity contribution in [3.63, 3.8) is 0 Å². The number of rotatable bonds is 1. The van der Waals surface area contributed by atoms with Crippen LogP contribution >= 0.6 is 0 Å². The van der Waals surface area contributed by atoms with E-state index in [9.17, 15) is 0 Å². The first kappa shape index (κ1) is 7.62. The molecular weight excluding hydrogens is 168 g/mol. The van der Waals surface area contributed by atoms with Crippen LogP contribution in [0.15, 0.2) is 22.6 Å². The minimum absolute atomic E-state index is 0.132. The van der Waals surface area contributed by atoms with Crippen LogP contribution in [0.4, 0.5) is 0 Å². The first-order valence-electron chi connectivity index (χ1n) is 3.75. The van der Waals surface area contributed by atoms with Crippen LogP contribution in [0.25, 0.3) is 11.1 Å². The molecule has 1 aromatic carbocycles. The van der Waals surface area contributed by atoms with E-state index >= 15 is 0 Å². The molecule has 13 heavy (non-hydrogen) atoms. The van der Waals surface area contributed by atoms with E-state index in [0.717, 1.165) is 0 Å². The second-order valence-corrected chi connectivity index (χ2v) is 2.59. The summed E-state index contributed by atoms with van der Waals surface area (Å²) in [5.74, 6) is 0.509. The molecule has 0 saturated carbocycles. The van der Waals surface area contributed by atoms with E-state index in [1.165, 1.54) is 12.1 Å². The molecule has 4 nitrogen and oxygen atoms in total. The molecule has 1 N–H and O–H groups in total. The van der Waals surface area contributed by atoms with Crippen molar-refractivity contribution in [1.29, 1.82) is 5.26 Å². The van der Waals surface area contributed by atoms with E-state index < -0.39 is 0 Å². The van der Waals surface area contributed by atoms with Crippen molar-refractivity contribution in [3.8, 4) is 11.8 Å². The van der Waals surface area contributed by atoms with Gasteiger partial charge in [-0.1, -0.05) is 0 Å². The van der Waals surface area contributed by atoms with Crippen molar-refractivity contribution in [2.45, 2.75) is 6.42 Å². The molecule has 0 amide bonds. The molecule has 1 aromatic heterocycles. The molecule has 0 aliphatic rings. The first-order chi connectivity index (χ1) is 6.29. The van der Waals surface area contributed by atoms with Gasteiger partial charge in [0.25, 0.3) is 0 Å². The zero-order valence-corrected chi connectivity index (χ0v) is 6.69. The molecule has 0 spiro atoms. The van der Waals surface area contributed by atoms with Crippen molar-refractivity contribution in [2.75, 3.05) is 0 Å². The molecule has 1 heterocycles. The third kappa shape index (κ3) is 1.32. The van der Waals surface area contributed by atoms with Crippen molar-refractivity contribution in [3.05, 3.63) is 24.1 Å². The highest BCUT2D eigenvalue weighted by Crippen LogP contribution is 2.20. The Hall–Kier alpha value is -2.02. The van der Waals surface area contributed by atoms with Crippen LogP contribution < -0.4 is 0 Å². The van der Waals surface area contributed by atoms with Gasteiger partial charge in [0.05, 0.1) is 6.07 Å². The molecular formula is C9H6N2O2. The second kappa shape index (κ2) is 2.79. The largest absolute Gasteiger partial charge is 0.508 e. The fourth-order valence-electron chi connectivity index (χ4n) is 1.10. The van der Waals surface area contributed by atoms with Gasteiger partial charge in [-0.15, -0.1) is 0 Å². The predicted molar refractivity (Wildman–Crippen MR) is 45.0 cm³/mol. The van der Waals surface area contributed by atoms with Gasteiger partial charge in [0, 0.05) is 6.07 Å². The van der Waals surface area contributed by atoms with Gasteiger partial charge in [-0.3, -0.25) is 0 Å². The Morgan fingerprint density at radius 1 is 1.54 bits per heavy atom. The molecule has 0 bridgehead atoms. The maximum absolute atomic E-state index is 9.12. The van der Waals surface area contributed by atoms with Crippen LogP contribution in [0.1, 0.15) is 5.89 Å². The van der Waals surface area contributed by atoms with Gasteiger partial charge < -0.3 is 9.52 Å². The van der Waals surface area contributed by atoms with E-state index in [4.69, 9.17) is 14.8 Å². The highest BCUT2D eigenvalue weighted by Gasteiger charge is 2.04. The number of nitriles is 1. The lowest BCUT2D eigenvalue weighted by Gasteiger charge is -1.87. The van der Waals surface area contributed by atoms with Gasteiger partial charge >= 0.3 is 0 Å². The number of aromatic hydroxyl groups is 1. The lowest BCUT2D eigenvalue weighted by Crippen LogP contribution is -1.77. The number of benzene rings is 1. The zero-order valence-electron chi connectivity index (χ0n) is 6.69. The summed E-state index contributed by atoms with van der Waals surface area (Å²) in [4.78, 5) is 4.04. The average molecular weight is 174 g/mol. The van der Waals surface area contributed by atoms with Crippen molar-refractivity contribution >= 4 is 11.1 Å². The summed E-state index contributed by atoms with van der Waals surface area (Å²) in [7, 11) is 0. The summed E-state index contributed by atoms with van der Waals surface area (Å²) < 4.78 is 5.20. The summed E-state index contributed by atoms with van der Waals surface area (Å²) in [6.45, 7) is 0. The molecule has 2 rings (SSSR count). The number of hydrogen-bond donors (Lipinski definition) is 1. The summed E-state index contributed by atoms with van der Waals surface area (Å²) in [6.07, 6.45) is 0.148. The monoisotopic (exact) mass is 174 g/mol. The number of fused-ring (bicyclic) bond motifs is 1. The number of oxazole rings is 1. The van der Waals surface area contributed by atoms with E-state index in [0.29, 0.717) is 17.0 Å². The molecule has 0 unspecified atom stereocenters. The Bertz CT molecular complexity index is 482. The van der Waals surface area contributed by atoms with Crippen LogP contribution in [0.2, 0.25) is 0 Å². The Balaban J connectivity index is 2.57. The number of aromatic nitrogens is 1. The van der Waals surface area contributed by atoms with E-state index in [2.05, 4.69) is 4.98 Å². The minimum Gasteiger partial charge on any atom is -0.508 e. The Kier molecular flexibility index (Phi) is 1.64. The van der Waals surface area contributed by atoms with Crippen LogP contribution in [-0.2, 0) is 6.42 Å². The third-order valence-corrected chi connectivity index (χ3v) is 1.65. The van der Waals surface area contributed by atoms with Crippen molar-refractivity contribution in [2.24, 2.45) is 0 Å². The maximum atomic E-state index is 9.12. The van der Waals surface area contributed by atoms with Gasteiger partial charge in [-0.25, -0.2) is 4.98 Å². The molecule has 0 radical (unpaired) electrons. The van der Waals surface area contributed by atoms with Gasteiger partial charge in [0.2, 0.25) is 5.89 Å². The smallest absolute Gasteiger partial charge is 0.209 e. The second-order valence-electron chi connectivity index (χ2n) is 2.59. The predicted octanol–water partition coefficient (Wildman–Crippen LogP) is 1.60. The van der Waals surface area contributed by atoms with Crippen molar-refractivity contribution in [1.82, 2.24) is 4.98 Å². The lowest BCUT2D eigenvalue weighted by atomic mass is 10.3. The van der Waals surface area contributed by atoms with Crippen LogP contribution in [0, 0.1) is 11.3 Å². The van der Waals surface area contributed by atoms with Gasteiger partial charge in [0.15, 0.2) is 5.58 Å². The molecule has 0 aliphatic carbocycles. The van der Waals surface area contributed by atoms with Gasteiger partial charge in [-0.2, -0.15) is 5.26 Å². The topological polar surface area (TPSA) is 70.0 Å². The molecule has 0 aliphatic heterocycles. The van der Waals surface area contributed by atoms with Crippen LogP contribution in [-0.4, -0.2) is 10.1 Å². The summed E-state index contributed by atoms with van der Waals surface area (Å²) >= 11 is 0. The van der Waals surface area contributed by atoms with Gasteiger partial charge in [0.1, 0.15) is 17.7 Å². The standard InChI is InChI=1S/C9H6N2O2/c10-4-3-9-11-7-2-1-6(12)5-8(7)13-9/h1-2,5,12H,3H2. The Morgan fingerprint density at radius 2 is 2.38 bits per heavy atom. The van der Waals surface area contributed by atoms with Gasteiger partial charge in [-0.05, 0) is 12.1 Å². The van der Waals surface area contributed by atoms with Crippen LogP contribution in [0.3, 0.4) is 0 Å². The Labute approximate surface area is 74.0 Å². The lowest BCUT2D eigenvalue weighted by molar-refractivity contribution is 0.473. The molecule has 4 heteroatoms. The van der Waals surface area contributed by atoms with E-state index in [1.54, 1.807) is 6.07 Å². The molecule has 64 valence electrons. The summed E-state index contributed by atoms with van der Waals surface area (Å²) in [5, 5.41) is 17.5. The summed E-state index contributed by atoms with van der Waals surface area (Å²) in [5.41, 5.74) is 1.16. The number of hydrogen-bond acceptors (Lipinski definition) is 4. The zero-order chi connectivity index (χ0) is 9.26. The fraction of sp³-hybridized carbons (Fsp3) is 0.111. The number of nitrogens with zero attached hydrogens (tertiary/aromatic N) is 2. The SMILES string of the molecule is N#CCc1nc2ccc(O)cc2o1. The first-order valence-corrected chi connectivity index (χ1v) is 3.75. The molecule has 0 atom stereocenters. The minimum atomic E-state index is 0.132. The maximum Gasteiger partial charge on any atom is 0.209 e. The summed E-state index contributed by atoms with van der Waals surface area (Å²) in [6, 6.07) is 6.59. The normalized spacial score (nSPS) is 10.1. The quantitative estimate of drug-likeness (QED) is 0.712. The van der Waals surface area contributed by atoms with Crippen molar-refractivity contribution < 1.29 is 9.52 Å².